The summed E-state index contributed by atoms with van der Waals surface area (Å²) >= 11 is 0. The molecule has 0 spiro atoms. The first-order valence-electron chi connectivity index (χ1n) is 6.19. The summed E-state index contributed by atoms with van der Waals surface area (Å²) < 4.78 is 0. The van der Waals surface area contributed by atoms with Gasteiger partial charge in [-0.05, 0) is 31.5 Å². The minimum absolute atomic E-state index is 0.0624. The highest BCUT2D eigenvalue weighted by atomic mass is 16.3. The van der Waals surface area contributed by atoms with Crippen molar-refractivity contribution in [2.45, 2.75) is 19.9 Å². The number of benzene rings is 2. The highest BCUT2D eigenvalue weighted by Gasteiger charge is 2.09. The molecule has 0 bridgehead atoms. The van der Waals surface area contributed by atoms with Gasteiger partial charge in [0.15, 0.2) is 0 Å². The second-order valence-corrected chi connectivity index (χ2v) is 4.66. The summed E-state index contributed by atoms with van der Waals surface area (Å²) in [5, 5.41) is 12.9. The van der Waals surface area contributed by atoms with Gasteiger partial charge in [-0.25, -0.2) is 0 Å². The number of aliphatic hydroxyl groups is 1. The number of aliphatic hydroxyl groups excluding tert-OH is 1. The van der Waals surface area contributed by atoms with Crippen LogP contribution < -0.4 is 5.32 Å². The summed E-state index contributed by atoms with van der Waals surface area (Å²) in [6, 6.07) is 16.3. The highest BCUT2D eigenvalue weighted by Crippen LogP contribution is 2.20. The van der Waals surface area contributed by atoms with Gasteiger partial charge in [0.05, 0.1) is 12.6 Å². The van der Waals surface area contributed by atoms with Crippen LogP contribution in [0.3, 0.4) is 0 Å². The van der Waals surface area contributed by atoms with E-state index in [9.17, 15) is 5.11 Å². The molecule has 0 saturated heterocycles. The van der Waals surface area contributed by atoms with E-state index < -0.39 is 0 Å². The summed E-state index contributed by atoms with van der Waals surface area (Å²) in [7, 11) is 0. The predicted octanol–water partition coefficient (Wildman–Crippen LogP) is 3.45. The monoisotopic (exact) mass is 241 g/mol. The van der Waals surface area contributed by atoms with Crippen molar-refractivity contribution in [3.05, 3.63) is 65.2 Å². The molecule has 2 N–H and O–H groups in total. The second kappa shape index (κ2) is 5.69. The van der Waals surface area contributed by atoms with Gasteiger partial charge in [0.25, 0.3) is 0 Å². The molecule has 2 aromatic carbocycles. The van der Waals surface area contributed by atoms with Crippen molar-refractivity contribution in [1.29, 1.82) is 0 Å². The number of aryl methyl sites for hydroxylation is 2. The van der Waals surface area contributed by atoms with Gasteiger partial charge in [-0.3, -0.25) is 0 Å². The fourth-order valence-electron chi connectivity index (χ4n) is 1.97. The van der Waals surface area contributed by atoms with E-state index in [2.05, 4.69) is 43.4 Å². The fraction of sp³-hybridized carbons (Fsp3) is 0.250. The summed E-state index contributed by atoms with van der Waals surface area (Å²) in [5.41, 5.74) is 4.58. The Morgan fingerprint density at radius 1 is 1.00 bits per heavy atom. The molecule has 0 aliphatic heterocycles. The zero-order valence-electron chi connectivity index (χ0n) is 10.9. The number of anilines is 1. The summed E-state index contributed by atoms with van der Waals surface area (Å²) in [5.74, 6) is 0. The van der Waals surface area contributed by atoms with E-state index in [1.54, 1.807) is 0 Å². The van der Waals surface area contributed by atoms with Crippen LogP contribution in [0, 0.1) is 13.8 Å². The molecule has 0 aliphatic carbocycles. The molecule has 0 heterocycles. The fourth-order valence-corrected chi connectivity index (χ4v) is 1.97. The minimum atomic E-state index is -0.0624. The SMILES string of the molecule is Cc1ccc(NC(CO)c2cccc(C)c2)cc1. The molecule has 1 unspecified atom stereocenters. The molecule has 0 radical (unpaired) electrons. The first kappa shape index (κ1) is 12.7. The van der Waals surface area contributed by atoms with E-state index in [1.165, 1.54) is 11.1 Å². The average molecular weight is 241 g/mol. The zero-order chi connectivity index (χ0) is 13.0. The Hall–Kier alpha value is -1.80. The predicted molar refractivity (Wildman–Crippen MR) is 75.8 cm³/mol. The van der Waals surface area contributed by atoms with Crippen LogP contribution in [0.5, 0.6) is 0 Å². The molecule has 18 heavy (non-hydrogen) atoms. The van der Waals surface area contributed by atoms with E-state index in [4.69, 9.17) is 0 Å². The van der Waals surface area contributed by atoms with Gasteiger partial charge in [0, 0.05) is 5.69 Å². The Balaban J connectivity index is 2.17. The standard InChI is InChI=1S/C16H19NO/c1-12-6-8-15(9-7-12)17-16(11-18)14-5-3-4-13(2)10-14/h3-10,16-18H,11H2,1-2H3. The molecular weight excluding hydrogens is 222 g/mol. The van der Waals surface area contributed by atoms with Crippen LogP contribution in [-0.2, 0) is 0 Å². The van der Waals surface area contributed by atoms with Crippen molar-refractivity contribution >= 4 is 5.69 Å². The Morgan fingerprint density at radius 3 is 2.33 bits per heavy atom. The van der Waals surface area contributed by atoms with Gasteiger partial charge < -0.3 is 10.4 Å². The molecule has 2 heteroatoms. The van der Waals surface area contributed by atoms with Crippen LogP contribution in [0.4, 0.5) is 5.69 Å². The van der Waals surface area contributed by atoms with Gasteiger partial charge >= 0.3 is 0 Å². The maximum Gasteiger partial charge on any atom is 0.0745 e. The molecule has 0 amide bonds. The molecule has 2 aromatic rings. The van der Waals surface area contributed by atoms with Gasteiger partial charge in [0.2, 0.25) is 0 Å². The summed E-state index contributed by atoms with van der Waals surface area (Å²) in [6.07, 6.45) is 0. The largest absolute Gasteiger partial charge is 0.394 e. The third-order valence-corrected chi connectivity index (χ3v) is 3.02. The molecule has 0 aliphatic rings. The maximum absolute atomic E-state index is 9.52. The van der Waals surface area contributed by atoms with Crippen molar-refractivity contribution < 1.29 is 5.11 Å². The smallest absolute Gasteiger partial charge is 0.0745 e. The average Bonchev–Trinajstić information content (AvgIpc) is 2.38. The van der Waals surface area contributed by atoms with Crippen LogP contribution in [0.2, 0.25) is 0 Å². The molecule has 0 aromatic heterocycles. The van der Waals surface area contributed by atoms with Crippen LogP contribution in [-0.4, -0.2) is 11.7 Å². The number of hydrogen-bond donors (Lipinski definition) is 2. The lowest BCUT2D eigenvalue weighted by atomic mass is 10.0. The first-order chi connectivity index (χ1) is 8.69. The van der Waals surface area contributed by atoms with Gasteiger partial charge in [-0.2, -0.15) is 0 Å². The highest BCUT2D eigenvalue weighted by molar-refractivity contribution is 5.47. The van der Waals surface area contributed by atoms with Gasteiger partial charge in [0.1, 0.15) is 0 Å². The molecular formula is C16H19NO. The molecule has 1 atom stereocenters. The van der Waals surface area contributed by atoms with Crippen molar-refractivity contribution in [2.24, 2.45) is 0 Å². The Morgan fingerprint density at radius 2 is 1.72 bits per heavy atom. The molecule has 2 nitrogen and oxygen atoms in total. The van der Waals surface area contributed by atoms with Gasteiger partial charge in [-0.15, -0.1) is 0 Å². The normalized spacial score (nSPS) is 12.2. The Kier molecular flexibility index (Phi) is 4.00. The number of rotatable bonds is 4. The molecule has 0 fully saturated rings. The maximum atomic E-state index is 9.52. The van der Waals surface area contributed by atoms with Gasteiger partial charge in [-0.1, -0.05) is 47.5 Å². The topological polar surface area (TPSA) is 32.3 Å². The van der Waals surface area contributed by atoms with E-state index >= 15 is 0 Å². The first-order valence-corrected chi connectivity index (χ1v) is 6.19. The van der Waals surface area contributed by atoms with Crippen molar-refractivity contribution in [3.63, 3.8) is 0 Å². The second-order valence-electron chi connectivity index (χ2n) is 4.66. The Labute approximate surface area is 108 Å². The lowest BCUT2D eigenvalue weighted by molar-refractivity contribution is 0.276. The third-order valence-electron chi connectivity index (χ3n) is 3.02. The van der Waals surface area contributed by atoms with E-state index in [-0.39, 0.29) is 12.6 Å². The lowest BCUT2D eigenvalue weighted by Gasteiger charge is -2.18. The van der Waals surface area contributed by atoms with E-state index in [0.717, 1.165) is 11.3 Å². The molecule has 2 rings (SSSR count). The molecule has 0 saturated carbocycles. The lowest BCUT2D eigenvalue weighted by Crippen LogP contribution is -2.14. The summed E-state index contributed by atoms with van der Waals surface area (Å²) in [4.78, 5) is 0. The minimum Gasteiger partial charge on any atom is -0.394 e. The number of nitrogens with one attached hydrogen (secondary N) is 1. The van der Waals surface area contributed by atoms with Crippen molar-refractivity contribution in [1.82, 2.24) is 0 Å². The number of hydrogen-bond acceptors (Lipinski definition) is 2. The van der Waals surface area contributed by atoms with Crippen LogP contribution in [0.15, 0.2) is 48.5 Å². The van der Waals surface area contributed by atoms with Crippen molar-refractivity contribution in [3.8, 4) is 0 Å². The summed E-state index contributed by atoms with van der Waals surface area (Å²) in [6.45, 7) is 4.20. The quantitative estimate of drug-likeness (QED) is 0.859. The third kappa shape index (κ3) is 3.11. The van der Waals surface area contributed by atoms with E-state index in [0.29, 0.717) is 0 Å². The van der Waals surface area contributed by atoms with Crippen LogP contribution in [0.25, 0.3) is 0 Å². The Bertz CT molecular complexity index is 505. The van der Waals surface area contributed by atoms with E-state index in [1.807, 2.05) is 24.3 Å². The van der Waals surface area contributed by atoms with Crippen molar-refractivity contribution in [2.75, 3.05) is 11.9 Å². The van der Waals surface area contributed by atoms with Crippen LogP contribution in [0.1, 0.15) is 22.7 Å². The molecule has 94 valence electrons. The zero-order valence-corrected chi connectivity index (χ0v) is 10.9. The van der Waals surface area contributed by atoms with Crippen LogP contribution >= 0.6 is 0 Å².